The fourth-order valence-corrected chi connectivity index (χ4v) is 2.77. The number of nitrogens with one attached hydrogen (secondary N) is 1. The summed E-state index contributed by atoms with van der Waals surface area (Å²) in [6.45, 7) is 6.93. The Labute approximate surface area is 115 Å². The molecule has 0 aliphatic rings. The van der Waals surface area contributed by atoms with Gasteiger partial charge in [0.25, 0.3) is 0 Å². The Morgan fingerprint density at radius 2 is 1.83 bits per heavy atom. The van der Waals surface area contributed by atoms with Crippen molar-refractivity contribution in [3.8, 4) is 0 Å². The van der Waals surface area contributed by atoms with Crippen molar-refractivity contribution in [2.45, 2.75) is 43.5 Å². The van der Waals surface area contributed by atoms with Gasteiger partial charge in [-0.15, -0.1) is 11.8 Å². The fraction of sp³-hybridized carbons (Fsp3) is 0.600. The standard InChI is InChI=1S/C15H25NOS/c1-15(2,3)12-5-7-14(8-6-12)18-11-13(16-4)9-10-17/h5-8,13,16-17H,9-11H2,1-4H3. The molecule has 1 aromatic carbocycles. The minimum absolute atomic E-state index is 0.216. The molecule has 0 saturated heterocycles. The molecule has 0 aromatic heterocycles. The third kappa shape index (κ3) is 5.01. The van der Waals surface area contributed by atoms with Crippen molar-refractivity contribution in [1.82, 2.24) is 5.32 Å². The lowest BCUT2D eigenvalue weighted by Crippen LogP contribution is -2.28. The van der Waals surface area contributed by atoms with Gasteiger partial charge in [0.2, 0.25) is 0 Å². The maximum atomic E-state index is 8.94. The highest BCUT2D eigenvalue weighted by atomic mass is 32.2. The molecule has 3 heteroatoms. The SMILES string of the molecule is CNC(CCO)CSc1ccc(C(C)(C)C)cc1. The topological polar surface area (TPSA) is 32.3 Å². The molecule has 18 heavy (non-hydrogen) atoms. The minimum Gasteiger partial charge on any atom is -0.396 e. The van der Waals surface area contributed by atoms with Crippen LogP contribution >= 0.6 is 11.8 Å². The molecule has 0 fully saturated rings. The lowest BCUT2D eigenvalue weighted by Gasteiger charge is -2.19. The molecule has 1 aromatic rings. The van der Waals surface area contributed by atoms with Crippen LogP contribution in [0.1, 0.15) is 32.8 Å². The van der Waals surface area contributed by atoms with Crippen LogP contribution in [0.5, 0.6) is 0 Å². The van der Waals surface area contributed by atoms with Gasteiger partial charge in [-0.3, -0.25) is 0 Å². The predicted octanol–water partition coefficient (Wildman–Crippen LogP) is 3.05. The lowest BCUT2D eigenvalue weighted by molar-refractivity contribution is 0.273. The first-order valence-corrected chi connectivity index (χ1v) is 7.47. The summed E-state index contributed by atoms with van der Waals surface area (Å²) >= 11 is 1.84. The summed E-state index contributed by atoms with van der Waals surface area (Å²) in [5.74, 6) is 0.992. The average Bonchev–Trinajstić information content (AvgIpc) is 2.34. The predicted molar refractivity (Wildman–Crippen MR) is 80.4 cm³/mol. The number of aliphatic hydroxyl groups is 1. The van der Waals surface area contributed by atoms with Gasteiger partial charge in [0.1, 0.15) is 0 Å². The Morgan fingerprint density at radius 3 is 2.28 bits per heavy atom. The number of hydrogen-bond donors (Lipinski definition) is 2. The molecule has 1 unspecified atom stereocenters. The molecule has 0 heterocycles. The van der Waals surface area contributed by atoms with Crippen molar-refractivity contribution in [1.29, 1.82) is 0 Å². The van der Waals surface area contributed by atoms with Crippen LogP contribution in [0.4, 0.5) is 0 Å². The van der Waals surface area contributed by atoms with Crippen molar-refractivity contribution in [2.75, 3.05) is 19.4 Å². The van der Waals surface area contributed by atoms with Crippen molar-refractivity contribution < 1.29 is 5.11 Å². The molecule has 2 nitrogen and oxygen atoms in total. The zero-order valence-electron chi connectivity index (χ0n) is 11.9. The van der Waals surface area contributed by atoms with Gasteiger partial charge in [-0.25, -0.2) is 0 Å². The molecular weight excluding hydrogens is 242 g/mol. The van der Waals surface area contributed by atoms with Crippen molar-refractivity contribution in [3.63, 3.8) is 0 Å². The molecule has 0 radical (unpaired) electrons. The van der Waals surface area contributed by atoms with E-state index in [9.17, 15) is 0 Å². The second kappa shape index (κ2) is 7.17. The Kier molecular flexibility index (Phi) is 6.19. The molecule has 0 bridgehead atoms. The van der Waals surface area contributed by atoms with Crippen molar-refractivity contribution >= 4 is 11.8 Å². The maximum absolute atomic E-state index is 8.94. The van der Waals surface area contributed by atoms with Gasteiger partial charge in [0.15, 0.2) is 0 Å². The first kappa shape index (κ1) is 15.5. The van der Waals surface area contributed by atoms with Crippen LogP contribution in [-0.4, -0.2) is 30.6 Å². The quantitative estimate of drug-likeness (QED) is 0.777. The summed E-state index contributed by atoms with van der Waals surface area (Å²) in [5, 5.41) is 12.2. The first-order chi connectivity index (χ1) is 8.47. The van der Waals surface area contributed by atoms with E-state index in [1.807, 2.05) is 18.8 Å². The fourth-order valence-electron chi connectivity index (χ4n) is 1.71. The average molecular weight is 267 g/mol. The molecule has 0 saturated carbocycles. The highest BCUT2D eigenvalue weighted by Crippen LogP contribution is 2.26. The number of benzene rings is 1. The molecule has 0 spiro atoms. The Bertz CT molecular complexity index is 343. The summed E-state index contributed by atoms with van der Waals surface area (Å²) < 4.78 is 0. The third-order valence-electron chi connectivity index (χ3n) is 3.06. The van der Waals surface area contributed by atoms with E-state index >= 15 is 0 Å². The number of hydrogen-bond acceptors (Lipinski definition) is 3. The molecule has 1 atom stereocenters. The van der Waals surface area contributed by atoms with Gasteiger partial charge >= 0.3 is 0 Å². The Balaban J connectivity index is 2.53. The second-order valence-electron chi connectivity index (χ2n) is 5.58. The highest BCUT2D eigenvalue weighted by Gasteiger charge is 2.13. The van der Waals surface area contributed by atoms with Gasteiger partial charge in [-0.1, -0.05) is 32.9 Å². The molecule has 0 aliphatic heterocycles. The number of thioether (sulfide) groups is 1. The van der Waals surface area contributed by atoms with Crippen LogP contribution in [-0.2, 0) is 5.41 Å². The van der Waals surface area contributed by atoms with E-state index in [1.165, 1.54) is 10.5 Å². The smallest absolute Gasteiger partial charge is 0.0446 e. The summed E-state index contributed by atoms with van der Waals surface area (Å²) in [5.41, 5.74) is 1.58. The van der Waals surface area contributed by atoms with E-state index in [0.717, 1.165) is 12.2 Å². The van der Waals surface area contributed by atoms with Gasteiger partial charge < -0.3 is 10.4 Å². The van der Waals surface area contributed by atoms with E-state index in [4.69, 9.17) is 5.11 Å². The van der Waals surface area contributed by atoms with E-state index in [0.29, 0.717) is 6.04 Å². The summed E-state index contributed by atoms with van der Waals surface area (Å²) in [4.78, 5) is 1.29. The van der Waals surface area contributed by atoms with Crippen LogP contribution in [0.2, 0.25) is 0 Å². The van der Waals surface area contributed by atoms with Gasteiger partial charge in [0.05, 0.1) is 0 Å². The zero-order chi connectivity index (χ0) is 13.6. The monoisotopic (exact) mass is 267 g/mol. The normalized spacial score (nSPS) is 13.6. The van der Waals surface area contributed by atoms with E-state index in [2.05, 4.69) is 50.4 Å². The van der Waals surface area contributed by atoms with E-state index in [1.54, 1.807) is 0 Å². The summed E-state index contributed by atoms with van der Waals surface area (Å²) in [6, 6.07) is 9.18. The summed E-state index contributed by atoms with van der Waals surface area (Å²) in [6.07, 6.45) is 0.809. The summed E-state index contributed by atoms with van der Waals surface area (Å²) in [7, 11) is 1.95. The van der Waals surface area contributed by atoms with Crippen LogP contribution in [0.3, 0.4) is 0 Å². The molecule has 1 rings (SSSR count). The second-order valence-corrected chi connectivity index (χ2v) is 6.68. The first-order valence-electron chi connectivity index (χ1n) is 6.49. The van der Waals surface area contributed by atoms with E-state index < -0.39 is 0 Å². The third-order valence-corrected chi connectivity index (χ3v) is 4.23. The van der Waals surface area contributed by atoms with Crippen LogP contribution in [0, 0.1) is 0 Å². The molecular formula is C15H25NOS. The number of aliphatic hydroxyl groups excluding tert-OH is 1. The molecule has 2 N–H and O–H groups in total. The zero-order valence-corrected chi connectivity index (χ0v) is 12.7. The highest BCUT2D eigenvalue weighted by molar-refractivity contribution is 7.99. The molecule has 0 aliphatic carbocycles. The van der Waals surface area contributed by atoms with Gasteiger partial charge in [0, 0.05) is 23.3 Å². The van der Waals surface area contributed by atoms with E-state index in [-0.39, 0.29) is 12.0 Å². The van der Waals surface area contributed by atoms with Crippen molar-refractivity contribution in [2.24, 2.45) is 0 Å². The minimum atomic E-state index is 0.216. The lowest BCUT2D eigenvalue weighted by atomic mass is 9.87. The molecule has 0 amide bonds. The van der Waals surface area contributed by atoms with Crippen LogP contribution in [0.15, 0.2) is 29.2 Å². The maximum Gasteiger partial charge on any atom is 0.0446 e. The van der Waals surface area contributed by atoms with Gasteiger partial charge in [-0.05, 0) is 36.6 Å². The Morgan fingerprint density at radius 1 is 1.22 bits per heavy atom. The Hall–Kier alpha value is -0.510. The van der Waals surface area contributed by atoms with Crippen LogP contribution in [0.25, 0.3) is 0 Å². The van der Waals surface area contributed by atoms with Crippen molar-refractivity contribution in [3.05, 3.63) is 29.8 Å². The van der Waals surface area contributed by atoms with Gasteiger partial charge in [-0.2, -0.15) is 0 Å². The van der Waals surface area contributed by atoms with Crippen LogP contribution < -0.4 is 5.32 Å². The number of rotatable bonds is 6. The largest absolute Gasteiger partial charge is 0.396 e. The molecule has 102 valence electrons.